The summed E-state index contributed by atoms with van der Waals surface area (Å²) < 4.78 is 1.85. The maximum atomic E-state index is 13.7. The highest BCUT2D eigenvalue weighted by Crippen LogP contribution is 2.30. The Hall–Kier alpha value is -2.67. The Morgan fingerprint density at radius 1 is 1.09 bits per heavy atom. The van der Waals surface area contributed by atoms with Gasteiger partial charge in [-0.05, 0) is 44.4 Å². The smallest absolute Gasteiger partial charge is 0.257 e. The van der Waals surface area contributed by atoms with E-state index in [2.05, 4.69) is 30.0 Å². The summed E-state index contributed by atoms with van der Waals surface area (Å²) in [7, 11) is 2.19. The van der Waals surface area contributed by atoms with Gasteiger partial charge in [0.15, 0.2) is 0 Å². The number of aromatic nitrogens is 2. The summed E-state index contributed by atoms with van der Waals surface area (Å²) in [5, 5.41) is 4.39. The quantitative estimate of drug-likeness (QED) is 0.707. The van der Waals surface area contributed by atoms with Crippen LogP contribution in [0.25, 0.3) is 0 Å². The normalized spacial score (nSPS) is 21.9. The van der Waals surface area contributed by atoms with E-state index < -0.39 is 0 Å². The van der Waals surface area contributed by atoms with Crippen molar-refractivity contribution < 1.29 is 9.59 Å². The van der Waals surface area contributed by atoms with E-state index in [0.29, 0.717) is 43.7 Å². The van der Waals surface area contributed by atoms with Crippen LogP contribution in [-0.2, 0) is 17.9 Å². The molecule has 1 saturated heterocycles. The number of nitrogens with zero attached hydrogens (tertiary/aromatic N) is 5. The molecule has 7 nitrogen and oxygen atoms in total. The molecule has 1 aromatic carbocycles. The summed E-state index contributed by atoms with van der Waals surface area (Å²) in [5.41, 5.74) is 2.59. The fraction of sp³-hybridized carbons (Fsp3) is 0.577. The number of aryl methyl sites for hydroxylation is 1. The summed E-state index contributed by atoms with van der Waals surface area (Å²) in [6, 6.07) is 8.81. The lowest BCUT2D eigenvalue weighted by atomic mass is 9.93. The van der Waals surface area contributed by atoms with Gasteiger partial charge >= 0.3 is 0 Å². The van der Waals surface area contributed by atoms with E-state index in [4.69, 9.17) is 0 Å². The van der Waals surface area contributed by atoms with Crippen LogP contribution in [-0.4, -0.2) is 63.6 Å². The summed E-state index contributed by atoms with van der Waals surface area (Å²) in [4.78, 5) is 33.0. The van der Waals surface area contributed by atoms with E-state index >= 15 is 0 Å². The Morgan fingerprint density at radius 2 is 1.88 bits per heavy atom. The van der Waals surface area contributed by atoms with Crippen LogP contribution in [0.4, 0.5) is 5.69 Å². The Bertz CT molecular complexity index is 971. The van der Waals surface area contributed by atoms with Crippen LogP contribution in [0.3, 0.4) is 0 Å². The summed E-state index contributed by atoms with van der Waals surface area (Å²) >= 11 is 0. The molecule has 2 unspecified atom stereocenters. The lowest BCUT2D eigenvalue weighted by molar-refractivity contribution is -0.118. The van der Waals surface area contributed by atoms with E-state index in [1.807, 2.05) is 45.8 Å². The average Bonchev–Trinajstić information content (AvgIpc) is 3.29. The van der Waals surface area contributed by atoms with Crippen LogP contribution in [0.15, 0.2) is 36.7 Å². The molecule has 7 heteroatoms. The average molecular weight is 452 g/mol. The maximum Gasteiger partial charge on any atom is 0.257 e. The number of likely N-dealkylation sites (N-methyl/N-ethyl adjacent to an activating group) is 1. The number of hydrogen-bond donors (Lipinski definition) is 0. The van der Waals surface area contributed by atoms with Crippen LogP contribution < -0.4 is 4.90 Å². The van der Waals surface area contributed by atoms with E-state index in [0.717, 1.165) is 49.9 Å². The van der Waals surface area contributed by atoms with E-state index in [1.54, 1.807) is 6.20 Å². The first-order chi connectivity index (χ1) is 16.0. The van der Waals surface area contributed by atoms with Gasteiger partial charge in [0.1, 0.15) is 0 Å². The first kappa shape index (κ1) is 23.5. The number of benzene rings is 1. The predicted octanol–water partition coefficient (Wildman–Crippen LogP) is 3.94. The van der Waals surface area contributed by atoms with Crippen LogP contribution in [0.1, 0.15) is 68.3 Å². The maximum absolute atomic E-state index is 13.7. The molecule has 2 amide bonds. The molecule has 1 aromatic heterocycles. The Kier molecular flexibility index (Phi) is 7.48. The van der Waals surface area contributed by atoms with Gasteiger partial charge in [-0.25, -0.2) is 0 Å². The standard InChI is InChI=1S/C26H37N5O2/c1-4-14-30-18-21(16-27-30)26(33)29-17-20-9-6-7-12-24(20)31(25(32)5-2)15-13-22-10-8-11-23(19-29)28(22)3/h6-7,9,12,16,18,22-23H,4-5,8,10-11,13-15,17,19H2,1-3H3. The molecule has 2 aromatic rings. The first-order valence-corrected chi connectivity index (χ1v) is 12.4. The highest BCUT2D eigenvalue weighted by molar-refractivity contribution is 5.95. The third-order valence-corrected chi connectivity index (χ3v) is 7.21. The fourth-order valence-electron chi connectivity index (χ4n) is 5.31. The van der Waals surface area contributed by atoms with E-state index in [-0.39, 0.29) is 11.8 Å². The second-order valence-electron chi connectivity index (χ2n) is 9.40. The van der Waals surface area contributed by atoms with Crippen molar-refractivity contribution in [1.29, 1.82) is 0 Å². The van der Waals surface area contributed by atoms with Crippen LogP contribution >= 0.6 is 0 Å². The van der Waals surface area contributed by atoms with Crippen LogP contribution in [0.5, 0.6) is 0 Å². The van der Waals surface area contributed by atoms with Gasteiger partial charge in [0.25, 0.3) is 5.91 Å². The SMILES string of the molecule is CCCn1cc(C(=O)N2Cc3ccccc3N(C(=O)CC)CCC3CCCC(C2)N3C)cn1. The molecule has 2 aliphatic heterocycles. The van der Waals surface area contributed by atoms with Crippen molar-refractivity contribution >= 4 is 17.5 Å². The van der Waals surface area contributed by atoms with Crippen LogP contribution in [0.2, 0.25) is 0 Å². The summed E-state index contributed by atoms with van der Waals surface area (Å²) in [6.45, 7) is 6.70. The van der Waals surface area contributed by atoms with Gasteiger partial charge < -0.3 is 9.80 Å². The molecule has 178 valence electrons. The van der Waals surface area contributed by atoms with Crippen molar-refractivity contribution in [2.45, 2.75) is 77.5 Å². The van der Waals surface area contributed by atoms with Crippen molar-refractivity contribution in [2.75, 3.05) is 25.0 Å². The molecule has 4 rings (SSSR count). The van der Waals surface area contributed by atoms with Crippen molar-refractivity contribution in [2.24, 2.45) is 0 Å². The number of amides is 2. The molecule has 0 saturated carbocycles. The molecule has 2 aliphatic rings. The zero-order valence-corrected chi connectivity index (χ0v) is 20.2. The lowest BCUT2D eigenvalue weighted by Gasteiger charge is -2.41. The highest BCUT2D eigenvalue weighted by Gasteiger charge is 2.33. The van der Waals surface area contributed by atoms with Gasteiger partial charge in [0.05, 0.1) is 11.8 Å². The Labute approximate surface area is 197 Å². The third-order valence-electron chi connectivity index (χ3n) is 7.21. The number of anilines is 1. The summed E-state index contributed by atoms with van der Waals surface area (Å²) in [6.07, 6.45) is 9.33. The van der Waals surface area contributed by atoms with Crippen molar-refractivity contribution in [3.63, 3.8) is 0 Å². The molecular formula is C26H37N5O2. The third kappa shape index (κ3) is 5.13. The number of carbonyl (C=O) groups excluding carboxylic acids is 2. The Balaban J connectivity index is 1.72. The van der Waals surface area contributed by atoms with Crippen LogP contribution in [0, 0.1) is 0 Å². The van der Waals surface area contributed by atoms with Crippen molar-refractivity contribution in [1.82, 2.24) is 19.6 Å². The van der Waals surface area contributed by atoms with Crippen molar-refractivity contribution in [3.8, 4) is 0 Å². The van der Waals surface area contributed by atoms with Gasteiger partial charge in [-0.15, -0.1) is 0 Å². The fourth-order valence-corrected chi connectivity index (χ4v) is 5.31. The van der Waals surface area contributed by atoms with Gasteiger partial charge in [0, 0.05) is 56.6 Å². The number of carbonyl (C=O) groups is 2. The zero-order chi connectivity index (χ0) is 23.4. The molecule has 0 N–H and O–H groups in total. The van der Waals surface area contributed by atoms with Gasteiger partial charge in [-0.1, -0.05) is 38.5 Å². The molecule has 2 bridgehead atoms. The van der Waals surface area contributed by atoms with E-state index in [1.165, 1.54) is 0 Å². The number of rotatable bonds is 4. The Morgan fingerprint density at radius 3 is 2.67 bits per heavy atom. The molecule has 2 atom stereocenters. The van der Waals surface area contributed by atoms with Crippen molar-refractivity contribution in [3.05, 3.63) is 47.8 Å². The number of fused-ring (bicyclic) bond motifs is 3. The largest absolute Gasteiger partial charge is 0.333 e. The summed E-state index contributed by atoms with van der Waals surface area (Å²) in [5.74, 6) is 0.144. The van der Waals surface area contributed by atoms with Gasteiger partial charge in [-0.2, -0.15) is 5.10 Å². The second-order valence-corrected chi connectivity index (χ2v) is 9.40. The zero-order valence-electron chi connectivity index (χ0n) is 20.2. The van der Waals surface area contributed by atoms with Gasteiger partial charge in [-0.3, -0.25) is 19.2 Å². The molecule has 0 aliphatic carbocycles. The number of hydrogen-bond acceptors (Lipinski definition) is 4. The first-order valence-electron chi connectivity index (χ1n) is 12.4. The molecule has 1 fully saturated rings. The second kappa shape index (κ2) is 10.5. The highest BCUT2D eigenvalue weighted by atomic mass is 16.2. The minimum Gasteiger partial charge on any atom is -0.333 e. The minimum atomic E-state index is 0.00953. The number of para-hydroxylation sites is 1. The lowest BCUT2D eigenvalue weighted by Crippen LogP contribution is -2.50. The topological polar surface area (TPSA) is 61.7 Å². The molecule has 0 spiro atoms. The van der Waals surface area contributed by atoms with Gasteiger partial charge in [0.2, 0.25) is 5.91 Å². The molecule has 3 heterocycles. The monoisotopic (exact) mass is 451 g/mol. The number of piperidine rings is 1. The minimum absolute atomic E-state index is 0.00953. The molecular weight excluding hydrogens is 414 g/mol. The molecule has 0 radical (unpaired) electrons. The molecule has 33 heavy (non-hydrogen) atoms. The predicted molar refractivity (Wildman–Crippen MR) is 130 cm³/mol. The van der Waals surface area contributed by atoms with E-state index in [9.17, 15) is 9.59 Å².